The molecule has 0 spiro atoms. The van der Waals surface area contributed by atoms with Crippen LogP contribution in [0.3, 0.4) is 0 Å². The van der Waals surface area contributed by atoms with Gasteiger partial charge < -0.3 is 10.8 Å². The third-order valence-corrected chi connectivity index (χ3v) is 0.837. The molecule has 0 rings (SSSR count). The normalized spacial score (nSPS) is 11.0. The molecule has 0 fully saturated rings. The van der Waals surface area contributed by atoms with Crippen molar-refractivity contribution in [1.82, 2.24) is 0 Å². The van der Waals surface area contributed by atoms with Gasteiger partial charge in [0.2, 0.25) is 0 Å². The summed E-state index contributed by atoms with van der Waals surface area (Å²) in [5.41, 5.74) is 4.41. The van der Waals surface area contributed by atoms with Gasteiger partial charge in [0.25, 0.3) is 0 Å². The van der Waals surface area contributed by atoms with E-state index >= 15 is 0 Å². The molecule has 0 unspecified atom stereocenters. The van der Waals surface area contributed by atoms with Crippen molar-refractivity contribution in [2.75, 3.05) is 0 Å². The minimum absolute atomic E-state index is 0.392. The molecule has 50 valence electrons. The van der Waals surface area contributed by atoms with Gasteiger partial charge in [-0.05, 0) is 0 Å². The highest BCUT2D eigenvalue weighted by Gasteiger charge is 2.08. The minimum Gasteiger partial charge on any atom is -0.478 e. The lowest BCUT2D eigenvalue weighted by atomic mass is 10.3. The standard InChI is InChI=1S/C4H5ClN2O2/c5-3(7)2(1-6)4(8)9/h1,7H,6H2,(H,8,9). The van der Waals surface area contributed by atoms with Crippen molar-refractivity contribution in [3.8, 4) is 0 Å². The summed E-state index contributed by atoms with van der Waals surface area (Å²) in [7, 11) is 0. The Morgan fingerprint density at radius 2 is 2.22 bits per heavy atom. The maximum absolute atomic E-state index is 10.00. The van der Waals surface area contributed by atoms with E-state index in [1.54, 1.807) is 0 Å². The Labute approximate surface area is 56.4 Å². The van der Waals surface area contributed by atoms with Gasteiger partial charge in [-0.2, -0.15) is 0 Å². The van der Waals surface area contributed by atoms with Crippen LogP contribution >= 0.6 is 11.6 Å². The van der Waals surface area contributed by atoms with E-state index in [9.17, 15) is 4.79 Å². The Morgan fingerprint density at radius 3 is 2.22 bits per heavy atom. The zero-order valence-corrected chi connectivity index (χ0v) is 5.14. The summed E-state index contributed by atoms with van der Waals surface area (Å²) < 4.78 is 0. The van der Waals surface area contributed by atoms with Crippen LogP contribution in [0.5, 0.6) is 0 Å². The predicted molar refractivity (Wildman–Crippen MR) is 33.5 cm³/mol. The number of carboxylic acids is 1. The Morgan fingerprint density at radius 1 is 1.78 bits per heavy atom. The van der Waals surface area contributed by atoms with Crippen LogP contribution in [0, 0.1) is 5.41 Å². The molecule has 0 radical (unpaired) electrons. The number of hydrogen-bond donors (Lipinski definition) is 3. The average Bonchev–Trinajstić information content (AvgIpc) is 1.64. The van der Waals surface area contributed by atoms with E-state index in [-0.39, 0.29) is 0 Å². The van der Waals surface area contributed by atoms with E-state index < -0.39 is 16.7 Å². The van der Waals surface area contributed by atoms with E-state index in [4.69, 9.17) is 27.9 Å². The summed E-state index contributed by atoms with van der Waals surface area (Å²) in [5, 5.41) is 14.2. The second-order valence-corrected chi connectivity index (χ2v) is 1.58. The number of rotatable bonds is 2. The highest BCUT2D eigenvalue weighted by molar-refractivity contribution is 6.71. The third-order valence-electron chi connectivity index (χ3n) is 0.634. The molecule has 0 aliphatic heterocycles. The van der Waals surface area contributed by atoms with Crippen molar-refractivity contribution in [1.29, 1.82) is 5.41 Å². The molecule has 0 aromatic carbocycles. The molecular formula is C4H5ClN2O2. The maximum atomic E-state index is 10.00. The van der Waals surface area contributed by atoms with Crippen LogP contribution in [-0.4, -0.2) is 16.2 Å². The molecule has 4 N–H and O–H groups in total. The largest absolute Gasteiger partial charge is 0.478 e. The number of nitrogens with one attached hydrogen (secondary N) is 1. The van der Waals surface area contributed by atoms with Gasteiger partial charge in [0.15, 0.2) is 0 Å². The van der Waals surface area contributed by atoms with Crippen molar-refractivity contribution < 1.29 is 9.90 Å². The van der Waals surface area contributed by atoms with E-state index in [2.05, 4.69) is 0 Å². The summed E-state index contributed by atoms with van der Waals surface area (Å²) in [4.78, 5) is 10.00. The number of aliphatic carboxylic acids is 1. The predicted octanol–water partition coefficient (Wildman–Crippen LogP) is 0.130. The minimum atomic E-state index is -1.29. The number of carboxylic acid groups (broad SMARTS) is 1. The molecule has 0 saturated carbocycles. The molecule has 9 heavy (non-hydrogen) atoms. The molecule has 0 atom stereocenters. The second kappa shape index (κ2) is 3.09. The fraction of sp³-hybridized carbons (Fsp3) is 0. The van der Waals surface area contributed by atoms with Crippen molar-refractivity contribution in [3.05, 3.63) is 11.8 Å². The first-order valence-corrected chi connectivity index (χ1v) is 2.37. The number of carbonyl (C=O) groups is 1. The average molecular weight is 149 g/mol. The van der Waals surface area contributed by atoms with E-state index in [0.717, 1.165) is 6.20 Å². The Kier molecular flexibility index (Phi) is 2.73. The van der Waals surface area contributed by atoms with Gasteiger partial charge in [0.1, 0.15) is 10.7 Å². The SMILES string of the molecule is N=C(Cl)C(=CN)C(=O)O. The Balaban J connectivity index is 4.38. The van der Waals surface area contributed by atoms with Crippen LogP contribution in [0.15, 0.2) is 11.8 Å². The maximum Gasteiger partial charge on any atom is 0.340 e. The van der Waals surface area contributed by atoms with E-state index in [0.29, 0.717) is 0 Å². The lowest BCUT2D eigenvalue weighted by Gasteiger charge is -1.91. The van der Waals surface area contributed by atoms with E-state index in [1.165, 1.54) is 0 Å². The van der Waals surface area contributed by atoms with Crippen LogP contribution in [0.2, 0.25) is 0 Å². The first-order valence-electron chi connectivity index (χ1n) is 1.99. The number of hydrogen-bond acceptors (Lipinski definition) is 3. The van der Waals surface area contributed by atoms with Gasteiger partial charge in [-0.3, -0.25) is 5.41 Å². The monoisotopic (exact) mass is 148 g/mol. The van der Waals surface area contributed by atoms with Gasteiger partial charge in [0, 0.05) is 6.20 Å². The summed E-state index contributed by atoms with van der Waals surface area (Å²) in [6.07, 6.45) is 0.775. The van der Waals surface area contributed by atoms with Gasteiger partial charge in [-0.25, -0.2) is 4.79 Å². The van der Waals surface area contributed by atoms with Crippen molar-refractivity contribution in [2.24, 2.45) is 5.73 Å². The molecule has 4 nitrogen and oxygen atoms in total. The zero-order chi connectivity index (χ0) is 7.44. The molecule has 0 aromatic heterocycles. The van der Waals surface area contributed by atoms with Crippen LogP contribution in [0.25, 0.3) is 0 Å². The molecule has 0 bridgehead atoms. The van der Waals surface area contributed by atoms with Gasteiger partial charge >= 0.3 is 5.97 Å². The topological polar surface area (TPSA) is 87.2 Å². The number of nitrogens with two attached hydrogens (primary N) is 1. The van der Waals surface area contributed by atoms with Crippen LogP contribution in [0.1, 0.15) is 0 Å². The summed E-state index contributed by atoms with van der Waals surface area (Å²) in [6, 6.07) is 0. The highest BCUT2D eigenvalue weighted by atomic mass is 35.5. The molecule has 5 heteroatoms. The molecule has 0 heterocycles. The van der Waals surface area contributed by atoms with Gasteiger partial charge in [0.05, 0.1) is 0 Å². The van der Waals surface area contributed by atoms with Crippen molar-refractivity contribution in [3.63, 3.8) is 0 Å². The molecule has 0 aromatic rings. The van der Waals surface area contributed by atoms with Gasteiger partial charge in [-0.15, -0.1) is 0 Å². The highest BCUT2D eigenvalue weighted by Crippen LogP contribution is 1.97. The molecule has 0 saturated heterocycles. The van der Waals surface area contributed by atoms with Crippen LogP contribution < -0.4 is 5.73 Å². The van der Waals surface area contributed by atoms with E-state index in [1.807, 2.05) is 0 Å². The molecule has 0 amide bonds. The van der Waals surface area contributed by atoms with Gasteiger partial charge in [-0.1, -0.05) is 11.6 Å². The summed E-state index contributed by atoms with van der Waals surface area (Å²) in [6.45, 7) is 0. The zero-order valence-electron chi connectivity index (χ0n) is 4.39. The lowest BCUT2D eigenvalue weighted by Crippen LogP contribution is -2.08. The lowest BCUT2D eigenvalue weighted by molar-refractivity contribution is -0.132. The van der Waals surface area contributed by atoms with Crippen LogP contribution in [-0.2, 0) is 4.79 Å². The second-order valence-electron chi connectivity index (χ2n) is 1.20. The molecule has 0 aliphatic rings. The first kappa shape index (κ1) is 7.97. The quantitative estimate of drug-likeness (QED) is 0.384. The fourth-order valence-corrected chi connectivity index (χ4v) is 0.382. The summed E-state index contributed by atoms with van der Waals surface area (Å²) >= 11 is 4.99. The molecular weight excluding hydrogens is 144 g/mol. The van der Waals surface area contributed by atoms with Crippen molar-refractivity contribution in [2.45, 2.75) is 0 Å². The third kappa shape index (κ3) is 2.14. The first-order chi connectivity index (χ1) is 4.09. The Hall–Kier alpha value is -1.03. The summed E-state index contributed by atoms with van der Waals surface area (Å²) in [5.74, 6) is -1.29. The number of halogens is 1. The fourth-order valence-electron chi connectivity index (χ4n) is 0.238. The van der Waals surface area contributed by atoms with Crippen LogP contribution in [0.4, 0.5) is 0 Å². The smallest absolute Gasteiger partial charge is 0.340 e. The Bertz CT molecular complexity index is 159. The van der Waals surface area contributed by atoms with Crippen molar-refractivity contribution >= 4 is 22.7 Å². The molecule has 0 aliphatic carbocycles.